The van der Waals surface area contributed by atoms with E-state index in [0.717, 1.165) is 75.6 Å². The van der Waals surface area contributed by atoms with Crippen LogP contribution in [0.4, 0.5) is 17.1 Å². The molecule has 1 aliphatic carbocycles. The van der Waals surface area contributed by atoms with Gasteiger partial charge in [-0.3, -0.25) is 4.79 Å². The summed E-state index contributed by atoms with van der Waals surface area (Å²) in [6, 6.07) is 33.1. The number of carbonyl (C=O) groups excluding carboxylic acids is 1. The molecule has 0 spiro atoms. The molecule has 2 aliphatic rings. The number of anilines is 3. The van der Waals surface area contributed by atoms with Crippen molar-refractivity contribution < 1.29 is 43.3 Å². The first-order valence-electron chi connectivity index (χ1n) is 21.9. The summed E-state index contributed by atoms with van der Waals surface area (Å²) in [7, 11) is 1.83. The van der Waals surface area contributed by atoms with Crippen LogP contribution in [0.15, 0.2) is 114 Å². The predicted octanol–water partition coefficient (Wildman–Crippen LogP) is 12.2. The van der Waals surface area contributed by atoms with Crippen molar-refractivity contribution >= 4 is 62.7 Å². The van der Waals surface area contributed by atoms with Crippen molar-refractivity contribution in [3.63, 3.8) is 0 Å². The minimum Gasteiger partial charge on any atom is -0.506 e. The van der Waals surface area contributed by atoms with Gasteiger partial charge in [-0.1, -0.05) is 64.5 Å². The van der Waals surface area contributed by atoms with Gasteiger partial charge >= 0.3 is 5.97 Å². The van der Waals surface area contributed by atoms with E-state index in [9.17, 15) is 19.8 Å². The zero-order valence-corrected chi connectivity index (χ0v) is 36.8. The van der Waals surface area contributed by atoms with Gasteiger partial charge in [0.15, 0.2) is 11.5 Å². The maximum Gasteiger partial charge on any atom is 0.335 e. The number of hydrogen-bond donors (Lipinski definition) is 2. The summed E-state index contributed by atoms with van der Waals surface area (Å²) >= 11 is 1.36. The number of aryl methyl sites for hydroxylation is 1. The molecule has 6 aromatic rings. The number of hydrogen-bond acceptors (Lipinski definition) is 9. The number of ether oxygens (including phenoxy) is 4. The lowest BCUT2D eigenvalue weighted by Crippen LogP contribution is -2.33. The number of unbranched alkanes of at least 4 members (excludes halogenated alkanes) is 6. The lowest BCUT2D eigenvalue weighted by Gasteiger charge is -2.26. The van der Waals surface area contributed by atoms with E-state index < -0.39 is 5.97 Å². The molecule has 324 valence electrons. The van der Waals surface area contributed by atoms with E-state index in [0.29, 0.717) is 48.5 Å². The van der Waals surface area contributed by atoms with Crippen molar-refractivity contribution in [2.45, 2.75) is 65.2 Å². The first kappa shape index (κ1) is 43.1. The number of aromatic nitrogens is 1. The zero-order valence-electron chi connectivity index (χ0n) is 36.0. The normalized spacial score (nSPS) is 14.0. The number of ketones is 1. The molecule has 10 nitrogen and oxygen atoms in total. The first-order valence-corrected chi connectivity index (χ1v) is 22.7. The highest BCUT2D eigenvalue weighted by Crippen LogP contribution is 2.55. The molecule has 8 rings (SSSR count). The van der Waals surface area contributed by atoms with Crippen molar-refractivity contribution in [1.29, 1.82) is 0 Å². The van der Waals surface area contributed by atoms with Crippen LogP contribution < -0.4 is 28.4 Å². The van der Waals surface area contributed by atoms with E-state index in [2.05, 4.69) is 55.1 Å². The number of fused-ring (bicyclic) bond motifs is 2. The molecule has 11 heteroatoms. The monoisotopic (exact) mass is 865 g/mol. The molecule has 0 saturated heterocycles. The molecule has 0 radical (unpaired) electrons. The van der Waals surface area contributed by atoms with Gasteiger partial charge in [0, 0.05) is 40.7 Å². The maximum atomic E-state index is 13.8. The molecule has 3 heterocycles. The van der Waals surface area contributed by atoms with Crippen molar-refractivity contribution in [2.75, 3.05) is 31.3 Å². The van der Waals surface area contributed by atoms with Gasteiger partial charge in [-0.15, -0.1) is 11.3 Å². The number of allylic oxidation sites excluding steroid dienone is 2. The summed E-state index contributed by atoms with van der Waals surface area (Å²) < 4.78 is 26.3. The largest absolute Gasteiger partial charge is 0.506 e. The summed E-state index contributed by atoms with van der Waals surface area (Å²) in [4.78, 5) is 28.9. The van der Waals surface area contributed by atoms with Gasteiger partial charge in [0.2, 0.25) is 17.0 Å². The quantitative estimate of drug-likeness (QED) is 0.0466. The molecular formula is C52H53N2O8S+. The van der Waals surface area contributed by atoms with Crippen LogP contribution in [-0.2, 0) is 11.8 Å². The molecule has 2 aromatic heterocycles. The molecule has 2 N–H and O–H groups in total. The number of nitrogens with zero attached hydrogens (tertiary/aromatic N) is 2. The van der Waals surface area contributed by atoms with Crippen LogP contribution in [-0.4, -0.2) is 48.4 Å². The molecule has 0 bridgehead atoms. The fourth-order valence-electron chi connectivity index (χ4n) is 7.95. The third kappa shape index (κ3) is 9.29. The Morgan fingerprint density at radius 1 is 0.730 bits per heavy atom. The first-order chi connectivity index (χ1) is 30.7. The molecule has 0 saturated carbocycles. The molecular weight excluding hydrogens is 813 g/mol. The van der Waals surface area contributed by atoms with Gasteiger partial charge < -0.3 is 34.1 Å². The third-order valence-electron chi connectivity index (χ3n) is 11.4. The minimum absolute atomic E-state index is 0.113. The number of pyridine rings is 1. The second-order valence-electron chi connectivity index (χ2n) is 15.8. The lowest BCUT2D eigenvalue weighted by molar-refractivity contribution is -0.646. The van der Waals surface area contributed by atoms with E-state index >= 15 is 0 Å². The number of carboxylic acid groups (broad SMARTS) is 1. The number of aliphatic hydroxyl groups excluding tert-OH is 1. The van der Waals surface area contributed by atoms with Gasteiger partial charge in [0.25, 0.3) is 0 Å². The fourth-order valence-corrected chi connectivity index (χ4v) is 9.18. The summed E-state index contributed by atoms with van der Waals surface area (Å²) in [5, 5.41) is 21.6. The SMILES string of the molecule is CCCCCCOc1ccc(N(c2ccc(OCCCCCC)cc2)c2ccc(-c3sc(C4=C(O)/C(=C/c5ccc6cc(C(=O)O)ccc6[n+]5C)C4=O)c4c3OCCO4)cc2)cc1. The molecule has 0 unspecified atom stereocenters. The molecule has 63 heavy (non-hydrogen) atoms. The van der Waals surface area contributed by atoms with Crippen molar-refractivity contribution in [2.24, 2.45) is 7.05 Å². The Hall–Kier alpha value is -6.59. The minimum atomic E-state index is -1.00. The lowest BCUT2D eigenvalue weighted by atomic mass is 9.86. The summed E-state index contributed by atoms with van der Waals surface area (Å²) in [5.41, 5.74) is 5.80. The van der Waals surface area contributed by atoms with Gasteiger partial charge in [0.1, 0.15) is 37.5 Å². The molecule has 0 amide bonds. The van der Waals surface area contributed by atoms with Crippen molar-refractivity contribution in [3.8, 4) is 33.4 Å². The third-order valence-corrected chi connectivity index (χ3v) is 12.7. The van der Waals surface area contributed by atoms with Crippen LogP contribution in [0.3, 0.4) is 0 Å². The van der Waals surface area contributed by atoms with Gasteiger partial charge in [-0.2, -0.15) is 4.57 Å². The number of Topliss-reactive ketones (excluding diaryl/α,β-unsaturated/α-hetero) is 1. The van der Waals surface area contributed by atoms with E-state index in [1.165, 1.54) is 37.0 Å². The molecule has 1 aliphatic heterocycles. The average Bonchev–Trinajstić information content (AvgIpc) is 3.68. The summed E-state index contributed by atoms with van der Waals surface area (Å²) in [5.74, 6) is 1.26. The second-order valence-corrected chi connectivity index (χ2v) is 16.8. The highest BCUT2D eigenvalue weighted by Gasteiger charge is 2.41. The average molecular weight is 866 g/mol. The Morgan fingerprint density at radius 3 is 1.83 bits per heavy atom. The van der Waals surface area contributed by atoms with Crippen molar-refractivity contribution in [1.82, 2.24) is 0 Å². The van der Waals surface area contributed by atoms with Crippen molar-refractivity contribution in [3.05, 3.63) is 131 Å². The molecule has 4 aromatic carbocycles. The number of carboxylic acids is 1. The number of thiophene rings is 1. The number of aliphatic hydroxyl groups is 1. The standard InChI is InChI=1S/C52H52N2O8S/c1-4-6-8-10-28-59-41-23-19-38(20-24-41)54(39-21-25-42(26-22-39)60-29-11-9-7-5-2)37-16-12-34(13-17-37)50-48-49(62-31-30-61-48)51(63-50)45-46(55)43(47(45)56)33-40-18-14-35-32-36(52(57)58)15-27-44(35)53(40)3/h12-27,32-33H,4-11,28-31H2,1-3H3,(H-,55,56,57,58)/p+1. The topological polar surface area (TPSA) is 119 Å². The van der Waals surface area contributed by atoms with E-state index in [4.69, 9.17) is 18.9 Å². The van der Waals surface area contributed by atoms with Crippen LogP contribution >= 0.6 is 11.3 Å². The Balaban J connectivity index is 1.07. The van der Waals surface area contributed by atoms with Crippen LogP contribution in [0.25, 0.3) is 33.0 Å². The van der Waals surface area contributed by atoms with Crippen LogP contribution in [0, 0.1) is 0 Å². The van der Waals surface area contributed by atoms with Gasteiger partial charge in [-0.25, -0.2) is 4.79 Å². The van der Waals surface area contributed by atoms with E-state index in [-0.39, 0.29) is 28.3 Å². The van der Waals surface area contributed by atoms with E-state index in [1.54, 1.807) is 36.4 Å². The highest BCUT2D eigenvalue weighted by atomic mass is 32.1. The fraction of sp³-hybridized carbons (Fsp3) is 0.288. The summed E-state index contributed by atoms with van der Waals surface area (Å²) in [6.07, 6.45) is 10.8. The van der Waals surface area contributed by atoms with E-state index in [1.807, 2.05) is 48.0 Å². The highest BCUT2D eigenvalue weighted by molar-refractivity contribution is 7.18. The zero-order chi connectivity index (χ0) is 43.9. The Bertz CT molecular complexity index is 2610. The number of aromatic carboxylic acids is 1. The number of rotatable bonds is 19. The van der Waals surface area contributed by atoms with Crippen LogP contribution in [0.1, 0.15) is 86.1 Å². The second kappa shape index (κ2) is 19.6. The van der Waals surface area contributed by atoms with Crippen LogP contribution in [0.5, 0.6) is 23.0 Å². The van der Waals surface area contributed by atoms with Gasteiger partial charge in [-0.05, 0) is 97.3 Å². The Labute approximate surface area is 372 Å². The molecule has 0 fully saturated rings. The van der Waals surface area contributed by atoms with Crippen LogP contribution in [0.2, 0.25) is 0 Å². The maximum absolute atomic E-state index is 13.8. The number of benzene rings is 4. The Kier molecular flexibility index (Phi) is 13.4. The van der Waals surface area contributed by atoms with Gasteiger partial charge in [0.05, 0.1) is 39.7 Å². The smallest absolute Gasteiger partial charge is 0.335 e. The summed E-state index contributed by atoms with van der Waals surface area (Å²) in [6.45, 7) is 6.48. The number of carbonyl (C=O) groups is 2. The predicted molar refractivity (Wildman–Crippen MR) is 249 cm³/mol. The Morgan fingerprint density at radius 2 is 1.29 bits per heavy atom. The molecule has 0 atom stereocenters.